The number of anilines is 2. The standard InChI is InChI=1S/C15H19NOSi/c1-18(2,3)17-15-11-7-10-14(12-15)16-13-8-5-4-6-9-13/h4-12,16H,1-3H3. The van der Waals surface area contributed by atoms with E-state index < -0.39 is 8.32 Å². The lowest BCUT2D eigenvalue weighted by Gasteiger charge is -2.19. The van der Waals surface area contributed by atoms with Gasteiger partial charge in [0.15, 0.2) is 0 Å². The van der Waals surface area contributed by atoms with E-state index in [2.05, 4.69) is 25.0 Å². The maximum absolute atomic E-state index is 5.98. The number of benzene rings is 2. The van der Waals surface area contributed by atoms with Crippen LogP contribution in [0.15, 0.2) is 54.6 Å². The summed E-state index contributed by atoms with van der Waals surface area (Å²) in [5.41, 5.74) is 2.14. The highest BCUT2D eigenvalue weighted by Crippen LogP contribution is 2.23. The van der Waals surface area contributed by atoms with Crippen LogP contribution in [-0.4, -0.2) is 8.32 Å². The Labute approximate surface area is 110 Å². The molecule has 0 spiro atoms. The monoisotopic (exact) mass is 257 g/mol. The molecular formula is C15H19NOSi. The van der Waals surface area contributed by atoms with Crippen LogP contribution in [0, 0.1) is 0 Å². The van der Waals surface area contributed by atoms with Crippen LogP contribution in [0.5, 0.6) is 5.75 Å². The van der Waals surface area contributed by atoms with Crippen LogP contribution < -0.4 is 9.74 Å². The molecule has 0 bridgehead atoms. The fraction of sp³-hybridized carbons (Fsp3) is 0.200. The van der Waals surface area contributed by atoms with Crippen molar-refractivity contribution >= 4 is 19.7 Å². The Morgan fingerprint density at radius 3 is 2.17 bits per heavy atom. The Morgan fingerprint density at radius 2 is 1.50 bits per heavy atom. The molecule has 2 aromatic carbocycles. The summed E-state index contributed by atoms with van der Waals surface area (Å²) < 4.78 is 5.98. The maximum atomic E-state index is 5.98. The molecule has 0 saturated carbocycles. The first-order chi connectivity index (χ1) is 8.53. The normalized spacial score (nSPS) is 11.1. The predicted octanol–water partition coefficient (Wildman–Crippen LogP) is 4.64. The van der Waals surface area contributed by atoms with Gasteiger partial charge in [0.1, 0.15) is 5.75 Å². The van der Waals surface area contributed by atoms with Crippen molar-refractivity contribution < 1.29 is 4.43 Å². The molecule has 0 aliphatic rings. The largest absolute Gasteiger partial charge is 0.544 e. The minimum absolute atomic E-state index is 0.940. The number of rotatable bonds is 4. The van der Waals surface area contributed by atoms with Crippen LogP contribution in [0.2, 0.25) is 19.6 Å². The summed E-state index contributed by atoms with van der Waals surface area (Å²) in [6.07, 6.45) is 0. The third-order valence-electron chi connectivity index (χ3n) is 2.32. The van der Waals surface area contributed by atoms with Gasteiger partial charge in [0.05, 0.1) is 0 Å². The van der Waals surface area contributed by atoms with Crippen molar-refractivity contribution in [2.24, 2.45) is 0 Å². The molecule has 0 aliphatic heterocycles. The SMILES string of the molecule is C[Si](C)(C)Oc1cccc(Nc2ccccc2)c1. The Balaban J connectivity index is 2.13. The fourth-order valence-electron chi connectivity index (χ4n) is 1.68. The molecule has 1 N–H and O–H groups in total. The van der Waals surface area contributed by atoms with E-state index in [4.69, 9.17) is 4.43 Å². The molecule has 2 rings (SSSR count). The van der Waals surface area contributed by atoms with E-state index in [0.717, 1.165) is 17.1 Å². The highest BCUT2D eigenvalue weighted by Gasteiger charge is 2.16. The van der Waals surface area contributed by atoms with E-state index in [1.54, 1.807) is 0 Å². The van der Waals surface area contributed by atoms with Crippen molar-refractivity contribution in [1.29, 1.82) is 0 Å². The van der Waals surface area contributed by atoms with Gasteiger partial charge in [-0.15, -0.1) is 0 Å². The van der Waals surface area contributed by atoms with E-state index in [9.17, 15) is 0 Å². The van der Waals surface area contributed by atoms with Crippen molar-refractivity contribution in [1.82, 2.24) is 0 Å². The van der Waals surface area contributed by atoms with Crippen molar-refractivity contribution in [2.45, 2.75) is 19.6 Å². The maximum Gasteiger partial charge on any atom is 0.242 e. The quantitative estimate of drug-likeness (QED) is 0.805. The third-order valence-corrected chi connectivity index (χ3v) is 3.17. The minimum atomic E-state index is -1.54. The van der Waals surface area contributed by atoms with Crippen LogP contribution in [0.4, 0.5) is 11.4 Å². The van der Waals surface area contributed by atoms with E-state index >= 15 is 0 Å². The predicted molar refractivity (Wildman–Crippen MR) is 80.1 cm³/mol. The van der Waals surface area contributed by atoms with Gasteiger partial charge in [0, 0.05) is 17.4 Å². The first kappa shape index (κ1) is 12.7. The molecule has 3 heteroatoms. The number of nitrogens with one attached hydrogen (secondary N) is 1. The topological polar surface area (TPSA) is 21.3 Å². The molecule has 2 nitrogen and oxygen atoms in total. The molecule has 2 aromatic rings. The Bertz CT molecular complexity index is 505. The van der Waals surface area contributed by atoms with E-state index in [1.165, 1.54) is 0 Å². The highest BCUT2D eigenvalue weighted by atomic mass is 28.4. The molecule has 0 saturated heterocycles. The summed E-state index contributed by atoms with van der Waals surface area (Å²) in [4.78, 5) is 0. The first-order valence-corrected chi connectivity index (χ1v) is 9.55. The second-order valence-electron chi connectivity index (χ2n) is 5.23. The third kappa shape index (κ3) is 3.93. The number of hydrogen-bond acceptors (Lipinski definition) is 2. The summed E-state index contributed by atoms with van der Waals surface area (Å²) in [5.74, 6) is 0.940. The van der Waals surface area contributed by atoms with E-state index in [0.29, 0.717) is 0 Å². The smallest absolute Gasteiger partial charge is 0.242 e. The van der Waals surface area contributed by atoms with Crippen molar-refractivity contribution in [2.75, 3.05) is 5.32 Å². The molecule has 0 aliphatic carbocycles. The second-order valence-corrected chi connectivity index (χ2v) is 9.66. The lowest BCUT2D eigenvalue weighted by atomic mass is 10.2. The minimum Gasteiger partial charge on any atom is -0.544 e. The van der Waals surface area contributed by atoms with Crippen molar-refractivity contribution in [3.63, 3.8) is 0 Å². The van der Waals surface area contributed by atoms with E-state index in [-0.39, 0.29) is 0 Å². The molecule has 0 radical (unpaired) electrons. The lowest BCUT2D eigenvalue weighted by molar-refractivity contribution is 0.558. The second kappa shape index (κ2) is 5.27. The molecule has 0 unspecified atom stereocenters. The average Bonchev–Trinajstić information content (AvgIpc) is 2.28. The molecule has 18 heavy (non-hydrogen) atoms. The van der Waals surface area contributed by atoms with Gasteiger partial charge in [-0.1, -0.05) is 24.3 Å². The lowest BCUT2D eigenvalue weighted by Crippen LogP contribution is -2.29. The zero-order chi connectivity index (χ0) is 13.0. The van der Waals surface area contributed by atoms with Crippen molar-refractivity contribution in [3.8, 4) is 5.75 Å². The van der Waals surface area contributed by atoms with Crippen LogP contribution in [0.25, 0.3) is 0 Å². The molecular weight excluding hydrogens is 238 g/mol. The summed E-state index contributed by atoms with van der Waals surface area (Å²) in [6.45, 7) is 6.55. The van der Waals surface area contributed by atoms with Gasteiger partial charge in [0.2, 0.25) is 8.32 Å². The van der Waals surface area contributed by atoms with Gasteiger partial charge in [0.25, 0.3) is 0 Å². The molecule has 94 valence electrons. The summed E-state index contributed by atoms with van der Waals surface area (Å²) in [7, 11) is -1.54. The van der Waals surface area contributed by atoms with Gasteiger partial charge in [-0.25, -0.2) is 0 Å². The molecule has 0 heterocycles. The van der Waals surface area contributed by atoms with Gasteiger partial charge >= 0.3 is 0 Å². The van der Waals surface area contributed by atoms with E-state index in [1.807, 2.05) is 54.6 Å². The summed E-state index contributed by atoms with van der Waals surface area (Å²) in [5, 5.41) is 3.37. The molecule has 0 fully saturated rings. The van der Waals surface area contributed by atoms with Gasteiger partial charge in [-0.05, 0) is 43.9 Å². The molecule has 0 amide bonds. The Morgan fingerprint density at radius 1 is 0.833 bits per heavy atom. The Hall–Kier alpha value is -1.74. The van der Waals surface area contributed by atoms with Crippen molar-refractivity contribution in [3.05, 3.63) is 54.6 Å². The van der Waals surface area contributed by atoms with Crippen LogP contribution >= 0.6 is 0 Å². The summed E-state index contributed by atoms with van der Waals surface area (Å²) >= 11 is 0. The van der Waals surface area contributed by atoms with Crippen LogP contribution in [0.1, 0.15) is 0 Å². The zero-order valence-electron chi connectivity index (χ0n) is 11.1. The van der Waals surface area contributed by atoms with Crippen LogP contribution in [-0.2, 0) is 0 Å². The Kier molecular flexibility index (Phi) is 3.72. The highest BCUT2D eigenvalue weighted by molar-refractivity contribution is 6.70. The van der Waals surface area contributed by atoms with Gasteiger partial charge in [-0.2, -0.15) is 0 Å². The molecule has 0 atom stereocenters. The van der Waals surface area contributed by atoms with Crippen LogP contribution in [0.3, 0.4) is 0 Å². The fourth-order valence-corrected chi connectivity index (χ4v) is 2.51. The van der Waals surface area contributed by atoms with Gasteiger partial charge < -0.3 is 9.74 Å². The average molecular weight is 257 g/mol. The first-order valence-electron chi connectivity index (χ1n) is 6.14. The summed E-state index contributed by atoms with van der Waals surface area (Å²) in [6, 6.07) is 18.3. The number of hydrogen-bond donors (Lipinski definition) is 1. The zero-order valence-corrected chi connectivity index (χ0v) is 12.1. The number of para-hydroxylation sites is 1. The van der Waals surface area contributed by atoms with Gasteiger partial charge in [-0.3, -0.25) is 0 Å². The molecule has 0 aromatic heterocycles.